The molecule has 1 amide bonds. The Balaban J connectivity index is 1.75. The monoisotopic (exact) mass is 483 g/mol. The van der Waals surface area contributed by atoms with Crippen LogP contribution in [0.25, 0.3) is 11.0 Å². The van der Waals surface area contributed by atoms with E-state index in [9.17, 15) is 18.8 Å². The Bertz CT molecular complexity index is 1400. The number of carbonyl (C=O) groups excluding carboxylic acids is 1. The molecular formula is C21H15BrFN5O3. The molecule has 156 valence electrons. The van der Waals surface area contributed by atoms with Gasteiger partial charge in [-0.05, 0) is 42.5 Å². The fraction of sp³-hybridized carbons (Fsp3) is 0.0952. The Hall–Kier alpha value is -3.66. The van der Waals surface area contributed by atoms with Crippen molar-refractivity contribution in [3.8, 4) is 0 Å². The van der Waals surface area contributed by atoms with E-state index in [4.69, 9.17) is 0 Å². The van der Waals surface area contributed by atoms with Crippen molar-refractivity contribution in [1.29, 1.82) is 0 Å². The number of carbonyl (C=O) groups is 1. The highest BCUT2D eigenvalue weighted by Gasteiger charge is 2.17. The van der Waals surface area contributed by atoms with Gasteiger partial charge in [-0.3, -0.25) is 23.7 Å². The van der Waals surface area contributed by atoms with Crippen molar-refractivity contribution in [1.82, 2.24) is 19.1 Å². The Morgan fingerprint density at radius 1 is 1.03 bits per heavy atom. The molecule has 8 nitrogen and oxygen atoms in total. The summed E-state index contributed by atoms with van der Waals surface area (Å²) in [6.07, 6.45) is 2.99. The van der Waals surface area contributed by atoms with Crippen molar-refractivity contribution >= 4 is 38.6 Å². The second kappa shape index (κ2) is 8.60. The van der Waals surface area contributed by atoms with Gasteiger partial charge in [0.05, 0.1) is 23.4 Å². The van der Waals surface area contributed by atoms with Crippen LogP contribution in [0.4, 0.5) is 10.1 Å². The second-order valence-electron chi connectivity index (χ2n) is 6.62. The zero-order chi connectivity index (χ0) is 22.0. The van der Waals surface area contributed by atoms with Crippen LogP contribution in [0.5, 0.6) is 0 Å². The lowest BCUT2D eigenvalue weighted by molar-refractivity contribution is -0.116. The Morgan fingerprint density at radius 3 is 2.58 bits per heavy atom. The van der Waals surface area contributed by atoms with Gasteiger partial charge in [-0.1, -0.05) is 22.0 Å². The van der Waals surface area contributed by atoms with Crippen LogP contribution in [-0.2, 0) is 17.9 Å². The number of amides is 1. The third-order valence-electron chi connectivity index (χ3n) is 4.54. The van der Waals surface area contributed by atoms with E-state index in [2.05, 4.69) is 31.2 Å². The van der Waals surface area contributed by atoms with Crippen molar-refractivity contribution in [3.05, 3.63) is 97.7 Å². The molecule has 0 aliphatic heterocycles. The Morgan fingerprint density at radius 2 is 1.84 bits per heavy atom. The van der Waals surface area contributed by atoms with Crippen molar-refractivity contribution in [3.63, 3.8) is 0 Å². The van der Waals surface area contributed by atoms with Crippen molar-refractivity contribution in [2.45, 2.75) is 13.1 Å². The molecule has 0 fully saturated rings. The van der Waals surface area contributed by atoms with Crippen molar-refractivity contribution in [2.75, 3.05) is 5.32 Å². The zero-order valence-corrected chi connectivity index (χ0v) is 17.5. The second-order valence-corrected chi connectivity index (χ2v) is 7.54. The first-order chi connectivity index (χ1) is 14.9. The van der Waals surface area contributed by atoms with Gasteiger partial charge in [0.15, 0.2) is 5.52 Å². The summed E-state index contributed by atoms with van der Waals surface area (Å²) in [5.41, 5.74) is -0.540. The number of anilines is 1. The molecule has 0 unspecified atom stereocenters. The molecule has 0 atom stereocenters. The summed E-state index contributed by atoms with van der Waals surface area (Å²) in [7, 11) is 0. The topological polar surface area (TPSA) is 98.9 Å². The number of rotatable bonds is 5. The number of pyridine rings is 2. The minimum Gasteiger partial charge on any atom is -0.322 e. The predicted molar refractivity (Wildman–Crippen MR) is 116 cm³/mol. The minimum absolute atomic E-state index is 0.0227. The van der Waals surface area contributed by atoms with Gasteiger partial charge in [-0.2, -0.15) is 0 Å². The summed E-state index contributed by atoms with van der Waals surface area (Å²) in [4.78, 5) is 46.8. The van der Waals surface area contributed by atoms with Gasteiger partial charge in [0.2, 0.25) is 5.91 Å². The first-order valence-corrected chi connectivity index (χ1v) is 9.96. The van der Waals surface area contributed by atoms with Gasteiger partial charge in [-0.15, -0.1) is 0 Å². The molecule has 0 aliphatic carbocycles. The summed E-state index contributed by atoms with van der Waals surface area (Å²) in [5.74, 6) is -1.25. The number of aromatic nitrogens is 4. The Labute approximate surface area is 183 Å². The molecule has 1 N–H and O–H groups in total. The number of nitrogens with one attached hydrogen (secondary N) is 1. The van der Waals surface area contributed by atoms with Crippen LogP contribution in [0, 0.1) is 5.82 Å². The van der Waals surface area contributed by atoms with Crippen LogP contribution in [0.3, 0.4) is 0 Å². The highest BCUT2D eigenvalue weighted by molar-refractivity contribution is 9.10. The third kappa shape index (κ3) is 4.29. The summed E-state index contributed by atoms with van der Waals surface area (Å²) >= 11 is 3.15. The number of halogens is 2. The van der Waals surface area contributed by atoms with E-state index in [0.29, 0.717) is 10.2 Å². The van der Waals surface area contributed by atoms with E-state index in [1.54, 1.807) is 36.5 Å². The maximum atomic E-state index is 14.1. The van der Waals surface area contributed by atoms with E-state index in [0.717, 1.165) is 9.13 Å². The molecule has 0 radical (unpaired) electrons. The zero-order valence-electron chi connectivity index (χ0n) is 16.0. The summed E-state index contributed by atoms with van der Waals surface area (Å²) in [5, 5.41) is 2.45. The first-order valence-electron chi connectivity index (χ1n) is 9.17. The van der Waals surface area contributed by atoms with Crippen LogP contribution in [-0.4, -0.2) is 25.0 Å². The van der Waals surface area contributed by atoms with Gasteiger partial charge in [-0.25, -0.2) is 14.2 Å². The number of benzene rings is 1. The van der Waals surface area contributed by atoms with Gasteiger partial charge in [0.1, 0.15) is 12.4 Å². The summed E-state index contributed by atoms with van der Waals surface area (Å²) in [6, 6.07) is 12.4. The number of hydrogen-bond donors (Lipinski definition) is 1. The molecule has 3 heterocycles. The van der Waals surface area contributed by atoms with Gasteiger partial charge >= 0.3 is 5.69 Å². The standard InChI is InChI=1S/C21H15BrFN5O3/c22-13-6-7-16(15(23)10-13)26-18(29)12-27-17-5-3-9-25-19(17)20(30)28(21(27)31)11-14-4-1-2-8-24-14/h1-10H,11-12H2,(H,26,29). The largest absolute Gasteiger partial charge is 0.332 e. The number of nitrogens with zero attached hydrogens (tertiary/aromatic N) is 4. The normalized spacial score (nSPS) is 10.9. The molecule has 4 aromatic rings. The molecule has 0 aliphatic rings. The average molecular weight is 484 g/mol. The lowest BCUT2D eigenvalue weighted by Crippen LogP contribution is -2.42. The first kappa shape index (κ1) is 20.6. The van der Waals surface area contributed by atoms with Gasteiger partial charge in [0, 0.05) is 16.9 Å². The van der Waals surface area contributed by atoms with Crippen LogP contribution >= 0.6 is 15.9 Å². The quantitative estimate of drug-likeness (QED) is 0.470. The lowest BCUT2D eigenvalue weighted by Gasteiger charge is -2.14. The molecule has 4 rings (SSSR count). The molecule has 10 heteroatoms. The molecule has 0 saturated heterocycles. The van der Waals surface area contributed by atoms with Crippen molar-refractivity contribution < 1.29 is 9.18 Å². The van der Waals surface area contributed by atoms with E-state index in [1.165, 1.54) is 24.4 Å². The molecule has 3 aromatic heterocycles. The van der Waals surface area contributed by atoms with E-state index >= 15 is 0 Å². The molecule has 31 heavy (non-hydrogen) atoms. The Kier molecular flexibility index (Phi) is 5.72. The minimum atomic E-state index is -0.692. The molecule has 1 aromatic carbocycles. The molecule has 0 saturated carbocycles. The molecule has 0 bridgehead atoms. The maximum Gasteiger partial charge on any atom is 0.332 e. The third-order valence-corrected chi connectivity index (χ3v) is 5.03. The fourth-order valence-corrected chi connectivity index (χ4v) is 3.45. The van der Waals surface area contributed by atoms with Gasteiger partial charge in [0.25, 0.3) is 5.56 Å². The molecule has 0 spiro atoms. The van der Waals surface area contributed by atoms with E-state index in [1.807, 2.05) is 0 Å². The number of fused-ring (bicyclic) bond motifs is 1. The van der Waals surface area contributed by atoms with E-state index in [-0.39, 0.29) is 23.3 Å². The summed E-state index contributed by atoms with van der Waals surface area (Å²) < 4.78 is 16.7. The highest BCUT2D eigenvalue weighted by atomic mass is 79.9. The maximum absolute atomic E-state index is 14.1. The highest BCUT2D eigenvalue weighted by Crippen LogP contribution is 2.19. The fourth-order valence-electron chi connectivity index (χ4n) is 3.11. The molecular weight excluding hydrogens is 469 g/mol. The van der Waals surface area contributed by atoms with Crippen molar-refractivity contribution in [2.24, 2.45) is 0 Å². The van der Waals surface area contributed by atoms with Crippen LogP contribution in [0.15, 0.2) is 75.0 Å². The van der Waals surface area contributed by atoms with E-state index < -0.39 is 29.5 Å². The average Bonchev–Trinajstić information content (AvgIpc) is 2.77. The number of hydrogen-bond acceptors (Lipinski definition) is 5. The smallest absolute Gasteiger partial charge is 0.322 e. The predicted octanol–water partition coefficient (Wildman–Crippen LogP) is 2.54. The van der Waals surface area contributed by atoms with Gasteiger partial charge < -0.3 is 5.32 Å². The van der Waals surface area contributed by atoms with Crippen LogP contribution in [0.1, 0.15) is 5.69 Å². The van der Waals surface area contributed by atoms with Crippen LogP contribution < -0.4 is 16.6 Å². The lowest BCUT2D eigenvalue weighted by atomic mass is 10.3. The summed E-state index contributed by atoms with van der Waals surface area (Å²) in [6.45, 7) is -0.507. The van der Waals surface area contributed by atoms with Crippen LogP contribution in [0.2, 0.25) is 0 Å². The SMILES string of the molecule is O=C(Cn1c(=O)n(Cc2ccccn2)c(=O)c2ncccc21)Nc1ccc(Br)cc1F.